The van der Waals surface area contributed by atoms with E-state index in [-0.39, 0.29) is 18.4 Å². The first-order chi connectivity index (χ1) is 11.5. The highest BCUT2D eigenvalue weighted by molar-refractivity contribution is 5.96. The normalized spacial score (nSPS) is 15.2. The SMILES string of the molecule is CCOC(=O)NC(C(=O)Nc1ccc(N2CCCC2)nc1)C(C)C. The van der Waals surface area contributed by atoms with Crippen LogP contribution in [0.15, 0.2) is 18.3 Å². The fourth-order valence-electron chi connectivity index (χ4n) is 2.65. The van der Waals surface area contributed by atoms with Gasteiger partial charge in [0.25, 0.3) is 0 Å². The van der Waals surface area contributed by atoms with Crippen LogP contribution in [-0.2, 0) is 9.53 Å². The summed E-state index contributed by atoms with van der Waals surface area (Å²) in [7, 11) is 0. The molecule has 1 aliphatic heterocycles. The van der Waals surface area contributed by atoms with E-state index in [9.17, 15) is 9.59 Å². The van der Waals surface area contributed by atoms with E-state index in [0.717, 1.165) is 18.9 Å². The zero-order valence-electron chi connectivity index (χ0n) is 14.5. The molecule has 7 nitrogen and oxygen atoms in total. The van der Waals surface area contributed by atoms with Gasteiger partial charge >= 0.3 is 6.09 Å². The first-order valence-corrected chi connectivity index (χ1v) is 8.46. The monoisotopic (exact) mass is 334 g/mol. The van der Waals surface area contributed by atoms with Crippen LogP contribution in [0.25, 0.3) is 0 Å². The number of aromatic nitrogens is 1. The van der Waals surface area contributed by atoms with Crippen molar-refractivity contribution >= 4 is 23.5 Å². The molecule has 2 rings (SSSR count). The van der Waals surface area contributed by atoms with Gasteiger partial charge in [-0.05, 0) is 37.8 Å². The number of ether oxygens (including phenoxy) is 1. The van der Waals surface area contributed by atoms with E-state index in [0.29, 0.717) is 5.69 Å². The first kappa shape index (κ1) is 18.0. The highest BCUT2D eigenvalue weighted by Gasteiger charge is 2.25. The molecule has 2 heterocycles. The Hall–Kier alpha value is -2.31. The highest BCUT2D eigenvalue weighted by atomic mass is 16.5. The minimum Gasteiger partial charge on any atom is -0.450 e. The third-order valence-corrected chi connectivity index (χ3v) is 3.94. The lowest BCUT2D eigenvalue weighted by Gasteiger charge is -2.21. The third-order valence-electron chi connectivity index (χ3n) is 3.94. The number of carbonyl (C=O) groups is 2. The Morgan fingerprint density at radius 1 is 1.29 bits per heavy atom. The summed E-state index contributed by atoms with van der Waals surface area (Å²) in [6.45, 7) is 7.77. The van der Waals surface area contributed by atoms with Gasteiger partial charge in [-0.15, -0.1) is 0 Å². The average molecular weight is 334 g/mol. The smallest absolute Gasteiger partial charge is 0.407 e. The van der Waals surface area contributed by atoms with E-state index in [2.05, 4.69) is 20.5 Å². The quantitative estimate of drug-likeness (QED) is 0.834. The molecule has 1 aromatic rings. The maximum atomic E-state index is 12.4. The molecule has 1 saturated heterocycles. The maximum absolute atomic E-state index is 12.4. The topological polar surface area (TPSA) is 83.6 Å². The number of hydrogen-bond donors (Lipinski definition) is 2. The van der Waals surface area contributed by atoms with E-state index >= 15 is 0 Å². The van der Waals surface area contributed by atoms with Gasteiger partial charge in [0.1, 0.15) is 11.9 Å². The second-order valence-electron chi connectivity index (χ2n) is 6.17. The van der Waals surface area contributed by atoms with Crippen LogP contribution >= 0.6 is 0 Å². The maximum Gasteiger partial charge on any atom is 0.407 e. The Balaban J connectivity index is 1.96. The summed E-state index contributed by atoms with van der Waals surface area (Å²) in [5.74, 6) is 0.579. The van der Waals surface area contributed by atoms with Crippen molar-refractivity contribution in [1.82, 2.24) is 10.3 Å². The highest BCUT2D eigenvalue weighted by Crippen LogP contribution is 2.19. The molecular formula is C17H26N4O3. The fourth-order valence-corrected chi connectivity index (χ4v) is 2.65. The van der Waals surface area contributed by atoms with E-state index < -0.39 is 12.1 Å². The van der Waals surface area contributed by atoms with Gasteiger partial charge in [-0.2, -0.15) is 0 Å². The van der Waals surface area contributed by atoms with E-state index in [1.165, 1.54) is 12.8 Å². The van der Waals surface area contributed by atoms with Crippen LogP contribution in [0.4, 0.5) is 16.3 Å². The van der Waals surface area contributed by atoms with Crippen LogP contribution in [0.3, 0.4) is 0 Å². The molecule has 1 fully saturated rings. The Morgan fingerprint density at radius 3 is 2.54 bits per heavy atom. The molecular weight excluding hydrogens is 308 g/mol. The van der Waals surface area contributed by atoms with Crippen LogP contribution in [-0.4, -0.2) is 42.7 Å². The molecule has 7 heteroatoms. The second-order valence-corrected chi connectivity index (χ2v) is 6.17. The molecule has 2 N–H and O–H groups in total. The van der Waals surface area contributed by atoms with Crippen LogP contribution in [0.5, 0.6) is 0 Å². The van der Waals surface area contributed by atoms with Gasteiger partial charge in [-0.25, -0.2) is 9.78 Å². The minimum atomic E-state index is -0.665. The number of amides is 2. The number of alkyl carbamates (subject to hydrolysis) is 1. The molecule has 0 radical (unpaired) electrons. The summed E-state index contributed by atoms with van der Waals surface area (Å²) < 4.78 is 4.85. The number of anilines is 2. The number of nitrogens with one attached hydrogen (secondary N) is 2. The van der Waals surface area contributed by atoms with Crippen molar-refractivity contribution < 1.29 is 14.3 Å². The number of pyridine rings is 1. The molecule has 2 amide bonds. The van der Waals surface area contributed by atoms with Crippen molar-refractivity contribution in [3.63, 3.8) is 0 Å². The lowest BCUT2D eigenvalue weighted by molar-refractivity contribution is -0.119. The molecule has 1 unspecified atom stereocenters. The number of rotatable bonds is 6. The summed E-state index contributed by atoms with van der Waals surface area (Å²) in [4.78, 5) is 30.6. The van der Waals surface area contributed by atoms with E-state index in [1.807, 2.05) is 26.0 Å². The van der Waals surface area contributed by atoms with Crippen molar-refractivity contribution in [3.8, 4) is 0 Å². The number of carbonyl (C=O) groups excluding carboxylic acids is 2. The number of hydrogen-bond acceptors (Lipinski definition) is 5. The second kappa shape index (κ2) is 8.52. The van der Waals surface area contributed by atoms with Crippen LogP contribution in [0, 0.1) is 5.92 Å². The molecule has 0 spiro atoms. The van der Waals surface area contributed by atoms with Gasteiger partial charge in [-0.1, -0.05) is 13.8 Å². The summed E-state index contributed by atoms with van der Waals surface area (Å²) in [5, 5.41) is 5.39. The van der Waals surface area contributed by atoms with Gasteiger partial charge in [0.05, 0.1) is 18.5 Å². The third kappa shape index (κ3) is 4.84. The van der Waals surface area contributed by atoms with Crippen molar-refractivity contribution in [1.29, 1.82) is 0 Å². The Morgan fingerprint density at radius 2 is 2.00 bits per heavy atom. The van der Waals surface area contributed by atoms with Crippen LogP contribution < -0.4 is 15.5 Å². The summed E-state index contributed by atoms with van der Waals surface area (Å²) in [6, 6.07) is 3.08. The van der Waals surface area contributed by atoms with Crippen LogP contribution in [0.1, 0.15) is 33.6 Å². The molecule has 24 heavy (non-hydrogen) atoms. The number of nitrogens with zero attached hydrogens (tertiary/aromatic N) is 2. The minimum absolute atomic E-state index is 0.0637. The zero-order chi connectivity index (χ0) is 17.5. The lowest BCUT2D eigenvalue weighted by atomic mass is 10.0. The summed E-state index contributed by atoms with van der Waals surface area (Å²) >= 11 is 0. The van der Waals surface area contributed by atoms with Gasteiger partial charge < -0.3 is 20.3 Å². The van der Waals surface area contributed by atoms with E-state index in [4.69, 9.17) is 4.74 Å². The molecule has 132 valence electrons. The predicted octanol–water partition coefficient (Wildman–Crippen LogP) is 2.39. The average Bonchev–Trinajstić information content (AvgIpc) is 3.07. The summed E-state index contributed by atoms with van der Waals surface area (Å²) in [6.07, 6.45) is 3.44. The van der Waals surface area contributed by atoms with Crippen molar-refractivity contribution in [2.45, 2.75) is 39.7 Å². The predicted molar refractivity (Wildman–Crippen MR) is 93.1 cm³/mol. The lowest BCUT2D eigenvalue weighted by Crippen LogP contribution is -2.47. The van der Waals surface area contributed by atoms with Crippen molar-refractivity contribution in [3.05, 3.63) is 18.3 Å². The van der Waals surface area contributed by atoms with Crippen molar-refractivity contribution in [2.24, 2.45) is 5.92 Å². The standard InChI is InChI=1S/C17H26N4O3/c1-4-24-17(23)20-15(12(2)3)16(22)19-13-7-8-14(18-11-13)21-9-5-6-10-21/h7-8,11-12,15H,4-6,9-10H2,1-3H3,(H,19,22)(H,20,23). The zero-order valence-corrected chi connectivity index (χ0v) is 14.5. The fraction of sp³-hybridized carbons (Fsp3) is 0.588. The Kier molecular flexibility index (Phi) is 6.40. The summed E-state index contributed by atoms with van der Waals surface area (Å²) in [5.41, 5.74) is 0.610. The molecule has 1 aromatic heterocycles. The van der Waals surface area contributed by atoms with Gasteiger partial charge in [-0.3, -0.25) is 4.79 Å². The molecule has 0 saturated carbocycles. The van der Waals surface area contributed by atoms with Crippen molar-refractivity contribution in [2.75, 3.05) is 29.9 Å². The van der Waals surface area contributed by atoms with Gasteiger partial charge in [0.2, 0.25) is 5.91 Å². The Labute approximate surface area is 142 Å². The largest absolute Gasteiger partial charge is 0.450 e. The molecule has 1 atom stereocenters. The van der Waals surface area contributed by atoms with Crippen LogP contribution in [0.2, 0.25) is 0 Å². The molecule has 1 aliphatic rings. The van der Waals surface area contributed by atoms with E-state index in [1.54, 1.807) is 13.1 Å². The molecule has 0 aliphatic carbocycles. The molecule has 0 aromatic carbocycles. The molecule has 0 bridgehead atoms. The van der Waals surface area contributed by atoms with Gasteiger partial charge in [0, 0.05) is 13.1 Å². The Bertz CT molecular complexity index is 553. The first-order valence-electron chi connectivity index (χ1n) is 8.46. The van der Waals surface area contributed by atoms with Gasteiger partial charge in [0.15, 0.2) is 0 Å².